The zero-order valence-corrected chi connectivity index (χ0v) is 17.3. The largest absolute Gasteiger partial charge is 0.344 e. The van der Waals surface area contributed by atoms with E-state index in [1.807, 2.05) is 30.6 Å². The number of rotatable bonds is 4. The molecule has 1 atom stereocenters. The first-order valence-electron chi connectivity index (χ1n) is 9.65. The molecular weight excluding hydrogens is 402 g/mol. The lowest BCUT2D eigenvalue weighted by atomic mass is 10.0. The third-order valence-corrected chi connectivity index (χ3v) is 6.51. The Labute approximate surface area is 178 Å². The molecule has 2 aromatic heterocycles. The van der Waals surface area contributed by atoms with Crippen LogP contribution in [0, 0.1) is 0 Å². The number of nitrogens with one attached hydrogen (secondary N) is 1. The van der Waals surface area contributed by atoms with Crippen LogP contribution in [0.2, 0.25) is 5.02 Å². The van der Waals surface area contributed by atoms with Crippen molar-refractivity contribution in [3.8, 4) is 10.6 Å². The van der Waals surface area contributed by atoms with E-state index in [0.29, 0.717) is 6.04 Å². The third-order valence-electron chi connectivity index (χ3n) is 5.22. The van der Waals surface area contributed by atoms with Gasteiger partial charge in [0.25, 0.3) is 0 Å². The first-order chi connectivity index (χ1) is 14.2. The molecule has 1 fully saturated rings. The molecule has 4 aromatic rings. The van der Waals surface area contributed by atoms with E-state index in [0.717, 1.165) is 52.2 Å². The summed E-state index contributed by atoms with van der Waals surface area (Å²) in [6, 6.07) is 16.8. The van der Waals surface area contributed by atoms with Gasteiger partial charge in [-0.1, -0.05) is 47.2 Å². The Bertz CT molecular complexity index is 1130. The van der Waals surface area contributed by atoms with Crippen molar-refractivity contribution in [2.75, 3.05) is 24.5 Å². The smallest absolute Gasteiger partial charge is 0.208 e. The zero-order chi connectivity index (χ0) is 19.6. The lowest BCUT2D eigenvalue weighted by Gasteiger charge is -2.33. The Morgan fingerprint density at radius 2 is 1.97 bits per heavy atom. The molecule has 7 heteroatoms. The van der Waals surface area contributed by atoms with Crippen LogP contribution in [0.4, 0.5) is 5.13 Å². The summed E-state index contributed by atoms with van der Waals surface area (Å²) in [5.74, 6) is 0. The Hall–Kier alpha value is -2.54. The van der Waals surface area contributed by atoms with Crippen LogP contribution in [0.3, 0.4) is 0 Å². The first kappa shape index (κ1) is 18.5. The summed E-state index contributed by atoms with van der Waals surface area (Å²) in [5, 5.41) is 17.6. The fourth-order valence-corrected chi connectivity index (χ4v) is 4.72. The van der Waals surface area contributed by atoms with E-state index < -0.39 is 0 Å². The number of nitrogens with zero attached hydrogens (tertiary/aromatic N) is 4. The van der Waals surface area contributed by atoms with Crippen molar-refractivity contribution in [2.24, 2.45) is 0 Å². The number of benzene rings is 2. The Balaban J connectivity index is 1.32. The van der Waals surface area contributed by atoms with Crippen LogP contribution in [0.25, 0.3) is 21.3 Å². The molecule has 3 heterocycles. The summed E-state index contributed by atoms with van der Waals surface area (Å²) in [7, 11) is 0. The number of halogens is 1. The van der Waals surface area contributed by atoms with E-state index >= 15 is 0 Å². The Kier molecular flexibility index (Phi) is 5.14. The van der Waals surface area contributed by atoms with Gasteiger partial charge in [-0.2, -0.15) is 0 Å². The number of fused-ring (bicyclic) bond motifs is 1. The van der Waals surface area contributed by atoms with Crippen molar-refractivity contribution in [1.29, 1.82) is 0 Å². The van der Waals surface area contributed by atoms with Crippen molar-refractivity contribution >= 4 is 38.8 Å². The second-order valence-corrected chi connectivity index (χ2v) is 8.65. The minimum atomic E-state index is 0.380. The van der Waals surface area contributed by atoms with Gasteiger partial charge in [-0.15, -0.1) is 10.2 Å². The van der Waals surface area contributed by atoms with Crippen LogP contribution in [-0.4, -0.2) is 40.9 Å². The highest BCUT2D eigenvalue weighted by atomic mass is 35.5. The second-order valence-electron chi connectivity index (χ2n) is 7.26. The van der Waals surface area contributed by atoms with Crippen LogP contribution < -0.4 is 10.2 Å². The normalized spacial score (nSPS) is 17.0. The molecule has 146 valence electrons. The van der Waals surface area contributed by atoms with Gasteiger partial charge in [0.05, 0.1) is 0 Å². The lowest BCUT2D eigenvalue weighted by Crippen LogP contribution is -2.51. The van der Waals surface area contributed by atoms with E-state index in [-0.39, 0.29) is 0 Å². The summed E-state index contributed by atoms with van der Waals surface area (Å²) in [4.78, 5) is 6.51. The molecule has 0 bridgehead atoms. The molecule has 1 N–H and O–H groups in total. The van der Waals surface area contributed by atoms with Crippen molar-refractivity contribution in [3.05, 3.63) is 71.5 Å². The summed E-state index contributed by atoms with van der Waals surface area (Å²) in [6.45, 7) is 2.80. The fraction of sp³-hybridized carbons (Fsp3) is 0.227. The quantitative estimate of drug-likeness (QED) is 0.528. The van der Waals surface area contributed by atoms with Crippen LogP contribution in [-0.2, 0) is 6.42 Å². The molecule has 2 aromatic carbocycles. The standard InChI is InChI=1S/C22H20ClN5S/c23-19-5-1-15(2-6-19)11-20-14-28(10-9-25-20)22-27-26-21(29-22)17-3-4-18-13-24-8-7-16(18)12-17/h1-8,12-13,20,25H,9-11,14H2. The predicted octanol–water partition coefficient (Wildman–Crippen LogP) is 4.43. The maximum Gasteiger partial charge on any atom is 0.208 e. The van der Waals surface area contributed by atoms with E-state index in [1.54, 1.807) is 11.3 Å². The molecule has 0 radical (unpaired) electrons. The zero-order valence-electron chi connectivity index (χ0n) is 15.8. The van der Waals surface area contributed by atoms with Crippen molar-refractivity contribution < 1.29 is 0 Å². The Morgan fingerprint density at radius 1 is 1.07 bits per heavy atom. The predicted molar refractivity (Wildman–Crippen MR) is 120 cm³/mol. The molecule has 5 rings (SSSR count). The number of pyridine rings is 1. The molecule has 0 aliphatic carbocycles. The molecule has 1 unspecified atom stereocenters. The topological polar surface area (TPSA) is 53.9 Å². The van der Waals surface area contributed by atoms with Gasteiger partial charge in [-0.25, -0.2) is 0 Å². The van der Waals surface area contributed by atoms with E-state index in [1.165, 1.54) is 10.9 Å². The number of piperazine rings is 1. The molecule has 1 saturated heterocycles. The molecule has 0 saturated carbocycles. The molecule has 0 spiro atoms. The summed E-state index contributed by atoms with van der Waals surface area (Å²) >= 11 is 7.66. The van der Waals surface area contributed by atoms with E-state index in [9.17, 15) is 0 Å². The molecule has 29 heavy (non-hydrogen) atoms. The van der Waals surface area contributed by atoms with E-state index in [4.69, 9.17) is 11.6 Å². The lowest BCUT2D eigenvalue weighted by molar-refractivity contribution is 0.454. The van der Waals surface area contributed by atoms with Crippen molar-refractivity contribution in [3.63, 3.8) is 0 Å². The minimum Gasteiger partial charge on any atom is -0.344 e. The SMILES string of the molecule is Clc1ccc(CC2CN(c3nnc(-c4ccc5cnccc5c4)s3)CCN2)cc1. The van der Waals surface area contributed by atoms with Crippen LogP contribution in [0.15, 0.2) is 60.9 Å². The molecule has 0 amide bonds. The summed E-state index contributed by atoms with van der Waals surface area (Å²) in [5.41, 5.74) is 2.39. The highest BCUT2D eigenvalue weighted by Crippen LogP contribution is 2.31. The number of aromatic nitrogens is 3. The van der Waals surface area contributed by atoms with Gasteiger partial charge in [0.15, 0.2) is 0 Å². The fourth-order valence-electron chi connectivity index (χ4n) is 3.72. The Morgan fingerprint density at radius 3 is 2.86 bits per heavy atom. The minimum absolute atomic E-state index is 0.380. The second kappa shape index (κ2) is 8.06. The molecule has 5 nitrogen and oxygen atoms in total. The van der Waals surface area contributed by atoms with Gasteiger partial charge < -0.3 is 10.2 Å². The maximum atomic E-state index is 6.00. The molecule has 1 aliphatic rings. The van der Waals surface area contributed by atoms with Gasteiger partial charge in [0, 0.05) is 54.0 Å². The van der Waals surface area contributed by atoms with Crippen LogP contribution in [0.5, 0.6) is 0 Å². The monoisotopic (exact) mass is 421 g/mol. The number of hydrogen-bond donors (Lipinski definition) is 1. The summed E-state index contributed by atoms with van der Waals surface area (Å²) in [6.07, 6.45) is 4.67. The molecular formula is C22H20ClN5S. The average molecular weight is 422 g/mol. The van der Waals surface area contributed by atoms with Gasteiger partial charge in [-0.05, 0) is 41.6 Å². The highest BCUT2D eigenvalue weighted by Gasteiger charge is 2.22. The van der Waals surface area contributed by atoms with Gasteiger partial charge in [0.1, 0.15) is 5.01 Å². The van der Waals surface area contributed by atoms with Gasteiger partial charge >= 0.3 is 0 Å². The first-order valence-corrected chi connectivity index (χ1v) is 10.8. The van der Waals surface area contributed by atoms with Crippen LogP contribution >= 0.6 is 22.9 Å². The van der Waals surface area contributed by atoms with Gasteiger partial charge in [-0.3, -0.25) is 4.98 Å². The van der Waals surface area contributed by atoms with Crippen molar-refractivity contribution in [1.82, 2.24) is 20.5 Å². The maximum absolute atomic E-state index is 6.00. The van der Waals surface area contributed by atoms with Crippen molar-refractivity contribution in [2.45, 2.75) is 12.5 Å². The molecule has 1 aliphatic heterocycles. The van der Waals surface area contributed by atoms with Gasteiger partial charge in [0.2, 0.25) is 5.13 Å². The highest BCUT2D eigenvalue weighted by molar-refractivity contribution is 7.18. The summed E-state index contributed by atoms with van der Waals surface area (Å²) < 4.78 is 0. The number of anilines is 1. The number of hydrogen-bond acceptors (Lipinski definition) is 6. The average Bonchev–Trinajstić information content (AvgIpc) is 3.26. The van der Waals surface area contributed by atoms with Crippen LogP contribution in [0.1, 0.15) is 5.56 Å². The third kappa shape index (κ3) is 4.10. The van der Waals surface area contributed by atoms with E-state index in [2.05, 4.69) is 55.7 Å².